The van der Waals surface area contributed by atoms with Gasteiger partial charge in [0.05, 0.1) is 0 Å². The Morgan fingerprint density at radius 2 is 0.857 bits per heavy atom. The molecule has 0 unspecified atom stereocenters. The summed E-state index contributed by atoms with van der Waals surface area (Å²) in [7, 11) is -0.861. The molecule has 0 N–H and O–H groups in total. The summed E-state index contributed by atoms with van der Waals surface area (Å²) in [6.45, 7) is 12.6. The van der Waals surface area contributed by atoms with Gasteiger partial charge >= 0.3 is 0 Å². The van der Waals surface area contributed by atoms with Gasteiger partial charge in [0.1, 0.15) is 0 Å². The molecule has 0 aromatic rings. The zero-order valence-corrected chi connectivity index (χ0v) is 17.6. The van der Waals surface area contributed by atoms with Crippen molar-refractivity contribution in [2.24, 2.45) is 0 Å². The van der Waals surface area contributed by atoms with E-state index in [1.165, 1.54) is 12.8 Å². The summed E-state index contributed by atoms with van der Waals surface area (Å²) in [6, 6.07) is 0. The van der Waals surface area contributed by atoms with Crippen LogP contribution in [0.25, 0.3) is 0 Å². The normalized spacial score (nSPS) is 20.0. The Morgan fingerprint density at radius 3 is 0.952 bits per heavy atom. The summed E-state index contributed by atoms with van der Waals surface area (Å²) in [6.07, 6.45) is 22.6. The Bertz CT molecular complexity index is 128. The second-order valence-electron chi connectivity index (χ2n) is 5.80. The van der Waals surface area contributed by atoms with E-state index in [0.29, 0.717) is 0 Å². The van der Waals surface area contributed by atoms with Gasteiger partial charge in [0.2, 0.25) is 0 Å². The Kier molecular flexibility index (Phi) is 20.6. The number of ether oxygens (including phenoxy) is 1. The molecule has 0 bridgehead atoms. The summed E-state index contributed by atoms with van der Waals surface area (Å²) >= 11 is 0. The van der Waals surface area contributed by atoms with Crippen LogP contribution in [0.15, 0.2) is 0 Å². The molecule has 115 valence electrons. The van der Waals surface area contributed by atoms with Crippen LogP contribution in [0.2, 0.25) is 19.6 Å². The summed E-state index contributed by atoms with van der Waals surface area (Å²) in [5, 5.41) is 0. The predicted molar refractivity (Wildman–Crippen MR) is 91.8 cm³/mol. The summed E-state index contributed by atoms with van der Waals surface area (Å²) in [5.74, 6) is 0. The molecule has 0 spiro atoms. The van der Waals surface area contributed by atoms with E-state index < -0.39 is 8.07 Å². The molecule has 11 radical (unpaired) electrons. The maximum atomic E-state index is 4.94. The van der Waals surface area contributed by atoms with Crippen LogP contribution in [0.5, 0.6) is 0 Å². The first-order valence-electron chi connectivity index (χ1n) is 7.26. The maximum absolute atomic E-state index is 4.94. The molecule has 0 aromatic heterocycles. The first-order chi connectivity index (χ1) is 9.50. The van der Waals surface area contributed by atoms with E-state index in [9.17, 15) is 0 Å². The quantitative estimate of drug-likeness (QED) is 0.444. The Hall–Kier alpha value is 1.28. The van der Waals surface area contributed by atoms with Crippen LogP contribution >= 0.6 is 0 Å². The molecule has 21 heavy (non-hydrogen) atoms. The van der Waals surface area contributed by atoms with E-state index in [-0.39, 0.29) is 32.7 Å². The van der Waals surface area contributed by atoms with Crippen molar-refractivity contribution in [1.82, 2.24) is 0 Å². The van der Waals surface area contributed by atoms with E-state index >= 15 is 0 Å². The second kappa shape index (κ2) is 17.6. The van der Waals surface area contributed by atoms with Crippen molar-refractivity contribution in [1.29, 1.82) is 0 Å². The SMILES string of the molecule is C1CCOC1.[CH2-][Si](C)(C)C.[CH]1[CH][CH][CH][CH]1.[CH]1[CH][CH][CH][CH]1.[Y]. The van der Waals surface area contributed by atoms with Gasteiger partial charge in [0.25, 0.3) is 0 Å². The Labute approximate surface area is 161 Å². The third-order valence-electron chi connectivity index (χ3n) is 1.94. The molecule has 2 saturated carbocycles. The third kappa shape index (κ3) is 29.8. The molecule has 3 heteroatoms. The van der Waals surface area contributed by atoms with Crippen LogP contribution in [0.3, 0.4) is 0 Å². The smallest absolute Gasteiger partial charge is 0.0466 e. The minimum atomic E-state index is -0.861. The zero-order valence-electron chi connectivity index (χ0n) is 13.8. The van der Waals surface area contributed by atoms with Gasteiger partial charge in [0, 0.05) is 45.9 Å². The fourth-order valence-electron chi connectivity index (χ4n) is 1.15. The molecular formula is C18H29OSiY-. The third-order valence-corrected chi connectivity index (χ3v) is 1.94. The van der Waals surface area contributed by atoms with Crippen LogP contribution in [-0.2, 0) is 37.4 Å². The van der Waals surface area contributed by atoms with E-state index in [0.717, 1.165) is 13.2 Å². The zero-order chi connectivity index (χ0) is 15.1. The van der Waals surface area contributed by atoms with E-state index in [1.54, 1.807) is 0 Å². The van der Waals surface area contributed by atoms with Gasteiger partial charge < -0.3 is 11.3 Å². The summed E-state index contributed by atoms with van der Waals surface area (Å²) in [5.41, 5.74) is 0. The van der Waals surface area contributed by atoms with Crippen molar-refractivity contribution in [3.63, 3.8) is 0 Å². The van der Waals surface area contributed by atoms with E-state index in [4.69, 9.17) is 4.74 Å². The van der Waals surface area contributed by atoms with Crippen LogP contribution < -0.4 is 0 Å². The Balaban J connectivity index is 0. The van der Waals surface area contributed by atoms with Gasteiger partial charge in [-0.1, -0.05) is 19.6 Å². The fourth-order valence-corrected chi connectivity index (χ4v) is 1.15. The molecule has 0 amide bonds. The fraction of sp³-hybridized carbons (Fsp3) is 0.389. The molecule has 3 rings (SSSR count). The molecule has 0 aromatic carbocycles. The number of hydrogen-bond acceptors (Lipinski definition) is 1. The minimum absolute atomic E-state index is 0. The second-order valence-corrected chi connectivity index (χ2v) is 10.9. The maximum Gasteiger partial charge on any atom is 0.0466 e. The van der Waals surface area contributed by atoms with E-state index in [1.807, 2.05) is 64.2 Å². The topological polar surface area (TPSA) is 9.23 Å². The van der Waals surface area contributed by atoms with Gasteiger partial charge in [-0.25, -0.2) is 0 Å². The standard InChI is InChI=1S/2C5H5.C4H8O.C4H11Si.Y/c3*1-2-4-5-3-1;1-5(2,3)4;/h2*1-5H;1-4H2;1H2,2-4H3;/q;;;-1;. The molecule has 3 fully saturated rings. The monoisotopic (exact) mass is 378 g/mol. The van der Waals surface area contributed by atoms with Crippen LogP contribution in [0, 0.1) is 70.8 Å². The molecule has 1 nitrogen and oxygen atoms in total. The summed E-state index contributed by atoms with van der Waals surface area (Å²) in [4.78, 5) is 0. The number of hydrogen-bond donors (Lipinski definition) is 0. The molecule has 2 aliphatic carbocycles. The van der Waals surface area contributed by atoms with Crippen LogP contribution in [0.1, 0.15) is 12.8 Å². The molecule has 0 atom stereocenters. The van der Waals surface area contributed by atoms with Crippen molar-refractivity contribution >= 4 is 8.07 Å². The van der Waals surface area contributed by atoms with Crippen molar-refractivity contribution < 1.29 is 37.4 Å². The van der Waals surface area contributed by atoms with Crippen molar-refractivity contribution in [3.05, 3.63) is 70.8 Å². The Morgan fingerprint density at radius 1 is 0.667 bits per heavy atom. The molecular weight excluding hydrogens is 349 g/mol. The van der Waals surface area contributed by atoms with Gasteiger partial charge in [-0.2, -0.15) is 0 Å². The molecule has 3 aliphatic rings. The van der Waals surface area contributed by atoms with Gasteiger partial charge in [-0.05, 0) is 77.0 Å². The molecule has 1 heterocycles. The van der Waals surface area contributed by atoms with Crippen molar-refractivity contribution in [2.75, 3.05) is 13.2 Å². The molecule has 1 saturated heterocycles. The minimum Gasteiger partial charge on any atom is -0.381 e. The predicted octanol–water partition coefficient (Wildman–Crippen LogP) is 4.54. The summed E-state index contributed by atoms with van der Waals surface area (Å²) < 4.78 is 4.94. The first kappa shape index (κ1) is 24.5. The van der Waals surface area contributed by atoms with Crippen molar-refractivity contribution in [2.45, 2.75) is 32.5 Å². The van der Waals surface area contributed by atoms with Gasteiger partial charge in [0.15, 0.2) is 0 Å². The van der Waals surface area contributed by atoms with Crippen molar-refractivity contribution in [3.8, 4) is 0 Å². The largest absolute Gasteiger partial charge is 0.381 e. The average Bonchev–Trinajstić information content (AvgIpc) is 3.17. The van der Waals surface area contributed by atoms with Gasteiger partial charge in [-0.3, -0.25) is 0 Å². The van der Waals surface area contributed by atoms with Crippen LogP contribution in [0.4, 0.5) is 0 Å². The van der Waals surface area contributed by atoms with Gasteiger partial charge in [-0.15, -0.1) is 8.07 Å². The first-order valence-corrected chi connectivity index (χ1v) is 11.0. The molecule has 1 aliphatic heterocycles. The van der Waals surface area contributed by atoms with E-state index in [2.05, 4.69) is 26.2 Å². The average molecular weight is 378 g/mol. The number of rotatable bonds is 0. The van der Waals surface area contributed by atoms with Crippen LogP contribution in [-0.4, -0.2) is 21.3 Å².